The van der Waals surface area contributed by atoms with Gasteiger partial charge in [-0.15, -0.1) is 0 Å². The van der Waals surface area contributed by atoms with Crippen molar-refractivity contribution in [3.05, 3.63) is 68.9 Å². The van der Waals surface area contributed by atoms with Crippen LogP contribution >= 0.6 is 27.5 Å². The molecule has 2 atom stereocenters. The highest BCUT2D eigenvalue weighted by atomic mass is 79.9. The molecule has 2 aromatic rings. The van der Waals surface area contributed by atoms with Crippen LogP contribution in [0.15, 0.2) is 46.9 Å². The van der Waals surface area contributed by atoms with Crippen LogP contribution in [0.2, 0.25) is 5.02 Å². The molecular formula is C16H16BrClFN. The largest absolute Gasteiger partial charge is 0.304 e. The fraction of sp³-hybridized carbons (Fsp3) is 0.250. The third-order valence-corrected chi connectivity index (χ3v) is 4.16. The van der Waals surface area contributed by atoms with Crippen molar-refractivity contribution >= 4 is 27.5 Å². The summed E-state index contributed by atoms with van der Waals surface area (Å²) in [6.07, 6.45) is 0. The van der Waals surface area contributed by atoms with E-state index in [0.717, 1.165) is 10.0 Å². The Morgan fingerprint density at radius 2 is 1.70 bits per heavy atom. The molecule has 0 aliphatic rings. The van der Waals surface area contributed by atoms with Gasteiger partial charge in [-0.2, -0.15) is 0 Å². The maximum Gasteiger partial charge on any atom is 0.124 e. The van der Waals surface area contributed by atoms with E-state index in [1.54, 1.807) is 6.07 Å². The first-order valence-corrected chi connectivity index (χ1v) is 7.61. The van der Waals surface area contributed by atoms with Crippen LogP contribution < -0.4 is 5.32 Å². The summed E-state index contributed by atoms with van der Waals surface area (Å²) in [6.45, 7) is 4.12. The van der Waals surface area contributed by atoms with Crippen LogP contribution in [0.3, 0.4) is 0 Å². The first kappa shape index (κ1) is 15.5. The first-order valence-electron chi connectivity index (χ1n) is 6.44. The highest BCUT2D eigenvalue weighted by Crippen LogP contribution is 2.26. The molecule has 0 aromatic heterocycles. The Morgan fingerprint density at radius 1 is 1.05 bits per heavy atom. The second kappa shape index (κ2) is 6.70. The predicted molar refractivity (Wildman–Crippen MR) is 85.5 cm³/mol. The van der Waals surface area contributed by atoms with E-state index in [1.165, 1.54) is 17.7 Å². The van der Waals surface area contributed by atoms with Crippen LogP contribution in [0.5, 0.6) is 0 Å². The van der Waals surface area contributed by atoms with Crippen molar-refractivity contribution in [1.82, 2.24) is 5.32 Å². The molecule has 0 saturated heterocycles. The van der Waals surface area contributed by atoms with E-state index in [4.69, 9.17) is 11.6 Å². The zero-order valence-electron chi connectivity index (χ0n) is 11.3. The second-order valence-corrected chi connectivity index (χ2v) is 6.15. The maximum absolute atomic E-state index is 13.1. The van der Waals surface area contributed by atoms with Gasteiger partial charge in [-0.1, -0.05) is 45.7 Å². The van der Waals surface area contributed by atoms with Gasteiger partial charge in [0.2, 0.25) is 0 Å². The van der Waals surface area contributed by atoms with Crippen LogP contribution in [0.4, 0.5) is 4.39 Å². The van der Waals surface area contributed by atoms with Gasteiger partial charge in [0.25, 0.3) is 0 Å². The van der Waals surface area contributed by atoms with E-state index in [9.17, 15) is 4.39 Å². The number of halogens is 3. The molecule has 0 bridgehead atoms. The van der Waals surface area contributed by atoms with Gasteiger partial charge >= 0.3 is 0 Å². The van der Waals surface area contributed by atoms with Crippen molar-refractivity contribution in [2.75, 3.05) is 0 Å². The molecule has 1 unspecified atom stereocenters. The average Bonchev–Trinajstić information content (AvgIpc) is 2.39. The molecule has 4 heteroatoms. The monoisotopic (exact) mass is 355 g/mol. The molecule has 0 aliphatic carbocycles. The minimum atomic E-state index is -0.313. The molecule has 0 fully saturated rings. The number of hydrogen-bond acceptors (Lipinski definition) is 1. The molecule has 2 rings (SSSR count). The Kier molecular flexibility index (Phi) is 5.19. The van der Waals surface area contributed by atoms with E-state index in [2.05, 4.69) is 40.3 Å². The minimum absolute atomic E-state index is 0.0433. The lowest BCUT2D eigenvalue weighted by Gasteiger charge is -2.21. The van der Waals surface area contributed by atoms with Crippen LogP contribution in [0.25, 0.3) is 0 Å². The van der Waals surface area contributed by atoms with Crippen LogP contribution in [0, 0.1) is 5.82 Å². The topological polar surface area (TPSA) is 12.0 Å². The van der Waals surface area contributed by atoms with Gasteiger partial charge in [-0.3, -0.25) is 0 Å². The molecule has 0 aliphatic heterocycles. The van der Waals surface area contributed by atoms with Crippen LogP contribution in [-0.4, -0.2) is 0 Å². The van der Waals surface area contributed by atoms with E-state index in [0.29, 0.717) is 5.02 Å². The summed E-state index contributed by atoms with van der Waals surface area (Å²) in [6, 6.07) is 12.9. The summed E-state index contributed by atoms with van der Waals surface area (Å²) in [7, 11) is 0. The summed E-state index contributed by atoms with van der Waals surface area (Å²) in [5.41, 5.74) is 2.09. The predicted octanol–water partition coefficient (Wildman–Crippen LogP) is 5.65. The lowest BCUT2D eigenvalue weighted by Crippen LogP contribution is -2.22. The number of hydrogen-bond donors (Lipinski definition) is 1. The zero-order valence-corrected chi connectivity index (χ0v) is 13.7. The Labute approximate surface area is 132 Å². The minimum Gasteiger partial charge on any atom is -0.304 e. The van der Waals surface area contributed by atoms with E-state index < -0.39 is 0 Å². The molecule has 0 radical (unpaired) electrons. The molecule has 0 amide bonds. The van der Waals surface area contributed by atoms with Gasteiger partial charge in [-0.25, -0.2) is 4.39 Å². The summed E-state index contributed by atoms with van der Waals surface area (Å²) in [5, 5.41) is 3.92. The Balaban J connectivity index is 2.10. The summed E-state index contributed by atoms with van der Waals surface area (Å²) in [4.78, 5) is 0. The molecule has 0 saturated carbocycles. The Bertz CT molecular complexity index is 586. The molecule has 2 aromatic carbocycles. The van der Waals surface area contributed by atoms with Gasteiger partial charge in [0.05, 0.1) is 0 Å². The smallest absolute Gasteiger partial charge is 0.124 e. The molecule has 1 N–H and O–H groups in total. The molecule has 1 nitrogen and oxygen atoms in total. The van der Waals surface area contributed by atoms with Gasteiger partial charge < -0.3 is 5.32 Å². The van der Waals surface area contributed by atoms with Crippen molar-refractivity contribution in [1.29, 1.82) is 0 Å². The fourth-order valence-corrected chi connectivity index (χ4v) is 2.76. The van der Waals surface area contributed by atoms with Crippen LogP contribution in [0.1, 0.15) is 37.1 Å². The summed E-state index contributed by atoms with van der Waals surface area (Å²) in [5.74, 6) is -0.313. The van der Waals surface area contributed by atoms with Crippen molar-refractivity contribution in [2.45, 2.75) is 25.9 Å². The molecule has 106 valence electrons. The SMILES string of the molecule is CC(N[C@@H](C)c1ccc(Br)cc1)c1ccc(F)cc1Cl. The highest BCUT2D eigenvalue weighted by Gasteiger charge is 2.14. The van der Waals surface area contributed by atoms with Crippen LogP contribution in [-0.2, 0) is 0 Å². The lowest BCUT2D eigenvalue weighted by atomic mass is 10.0. The molecule has 0 heterocycles. The highest BCUT2D eigenvalue weighted by molar-refractivity contribution is 9.10. The third-order valence-electron chi connectivity index (χ3n) is 3.30. The maximum atomic E-state index is 13.1. The summed E-state index contributed by atoms with van der Waals surface area (Å²) >= 11 is 9.51. The quantitative estimate of drug-likeness (QED) is 0.746. The van der Waals surface area contributed by atoms with E-state index in [-0.39, 0.29) is 17.9 Å². The van der Waals surface area contributed by atoms with Crippen molar-refractivity contribution in [3.8, 4) is 0 Å². The molecular weight excluding hydrogens is 341 g/mol. The van der Waals surface area contributed by atoms with E-state index in [1.807, 2.05) is 19.1 Å². The standard InChI is InChI=1S/C16H16BrClFN/c1-10(12-3-5-13(17)6-4-12)20-11(2)15-8-7-14(19)9-16(15)18/h3-11,20H,1-2H3/t10-,11?/m0/s1. The fourth-order valence-electron chi connectivity index (χ4n) is 2.17. The third kappa shape index (κ3) is 3.81. The van der Waals surface area contributed by atoms with Gasteiger partial charge in [0.1, 0.15) is 5.82 Å². The van der Waals surface area contributed by atoms with Crippen molar-refractivity contribution < 1.29 is 4.39 Å². The first-order chi connectivity index (χ1) is 9.47. The Morgan fingerprint density at radius 3 is 2.30 bits per heavy atom. The van der Waals surface area contributed by atoms with Gasteiger partial charge in [0, 0.05) is 21.6 Å². The lowest BCUT2D eigenvalue weighted by molar-refractivity contribution is 0.494. The average molecular weight is 357 g/mol. The molecule has 0 spiro atoms. The normalized spacial score (nSPS) is 14.1. The Hall–Kier alpha value is -0.900. The number of benzene rings is 2. The van der Waals surface area contributed by atoms with E-state index >= 15 is 0 Å². The zero-order chi connectivity index (χ0) is 14.7. The van der Waals surface area contributed by atoms with Crippen molar-refractivity contribution in [3.63, 3.8) is 0 Å². The van der Waals surface area contributed by atoms with Gasteiger partial charge in [-0.05, 0) is 49.2 Å². The van der Waals surface area contributed by atoms with Crippen molar-refractivity contribution in [2.24, 2.45) is 0 Å². The number of nitrogens with one attached hydrogen (secondary N) is 1. The summed E-state index contributed by atoms with van der Waals surface area (Å²) < 4.78 is 14.1. The van der Waals surface area contributed by atoms with Gasteiger partial charge in [0.15, 0.2) is 0 Å². The number of rotatable bonds is 4. The molecule has 20 heavy (non-hydrogen) atoms. The second-order valence-electron chi connectivity index (χ2n) is 4.83.